The number of carbonyl (C=O) groups excluding carboxylic acids is 1. The standard InChI is InChI=1S/C23H24N4O3/c1-3-12-27(14-20(28)24-17-10-6-4-8-15(17)2)13-19-25-21-16-9-5-7-11-18(16)30-22(21)23(29)26-19/h4-11H,3,12-14H2,1-2H3,(H,24,28)(H,25,26,29). The summed E-state index contributed by atoms with van der Waals surface area (Å²) in [5, 5.41) is 3.76. The fourth-order valence-electron chi connectivity index (χ4n) is 3.57. The molecule has 0 saturated heterocycles. The summed E-state index contributed by atoms with van der Waals surface area (Å²) in [7, 11) is 0. The van der Waals surface area contributed by atoms with Gasteiger partial charge in [0.2, 0.25) is 11.5 Å². The van der Waals surface area contributed by atoms with Gasteiger partial charge in [-0.25, -0.2) is 4.98 Å². The largest absolute Gasteiger partial charge is 0.449 e. The van der Waals surface area contributed by atoms with E-state index in [9.17, 15) is 9.59 Å². The molecule has 2 aromatic carbocycles. The number of amides is 1. The lowest BCUT2D eigenvalue weighted by atomic mass is 10.2. The molecule has 7 heteroatoms. The van der Waals surface area contributed by atoms with Gasteiger partial charge in [-0.3, -0.25) is 14.5 Å². The van der Waals surface area contributed by atoms with E-state index >= 15 is 0 Å². The Hall–Kier alpha value is -3.45. The molecule has 0 saturated carbocycles. The number of rotatable bonds is 7. The van der Waals surface area contributed by atoms with Crippen molar-refractivity contribution in [2.24, 2.45) is 0 Å². The first-order valence-electron chi connectivity index (χ1n) is 10.0. The zero-order valence-corrected chi connectivity index (χ0v) is 17.1. The fourth-order valence-corrected chi connectivity index (χ4v) is 3.57. The maximum Gasteiger partial charge on any atom is 0.294 e. The van der Waals surface area contributed by atoms with Crippen molar-refractivity contribution < 1.29 is 9.21 Å². The minimum Gasteiger partial charge on any atom is -0.449 e. The zero-order valence-electron chi connectivity index (χ0n) is 17.1. The average Bonchev–Trinajstić information content (AvgIpc) is 3.09. The molecule has 0 aliphatic heterocycles. The zero-order chi connectivity index (χ0) is 21.1. The normalized spacial score (nSPS) is 11.4. The van der Waals surface area contributed by atoms with Gasteiger partial charge in [-0.05, 0) is 43.7 Å². The number of para-hydroxylation sites is 2. The summed E-state index contributed by atoms with van der Waals surface area (Å²) in [5.74, 6) is 0.408. The smallest absolute Gasteiger partial charge is 0.294 e. The highest BCUT2D eigenvalue weighted by atomic mass is 16.3. The molecule has 2 heterocycles. The van der Waals surface area contributed by atoms with Crippen molar-refractivity contribution in [2.45, 2.75) is 26.8 Å². The first-order valence-corrected chi connectivity index (χ1v) is 10.0. The number of fused-ring (bicyclic) bond motifs is 3. The Kier molecular flexibility index (Phi) is 5.63. The molecule has 0 radical (unpaired) electrons. The topological polar surface area (TPSA) is 91.2 Å². The van der Waals surface area contributed by atoms with E-state index in [1.807, 2.05) is 60.4 Å². The maximum atomic E-state index is 12.6. The summed E-state index contributed by atoms with van der Waals surface area (Å²) in [5.41, 5.74) is 2.90. The Morgan fingerprint density at radius 1 is 1.17 bits per heavy atom. The quantitative estimate of drug-likeness (QED) is 0.488. The van der Waals surface area contributed by atoms with Crippen LogP contribution in [0.5, 0.6) is 0 Å². The number of furan rings is 1. The van der Waals surface area contributed by atoms with Gasteiger partial charge in [0.1, 0.15) is 16.9 Å². The highest BCUT2D eigenvalue weighted by molar-refractivity contribution is 6.01. The lowest BCUT2D eigenvalue weighted by molar-refractivity contribution is -0.117. The van der Waals surface area contributed by atoms with Crippen molar-refractivity contribution in [2.75, 3.05) is 18.4 Å². The second-order valence-corrected chi connectivity index (χ2v) is 7.36. The molecule has 0 unspecified atom stereocenters. The molecule has 30 heavy (non-hydrogen) atoms. The van der Waals surface area contributed by atoms with Crippen LogP contribution in [-0.4, -0.2) is 33.9 Å². The number of aromatic amines is 1. The van der Waals surface area contributed by atoms with E-state index in [2.05, 4.69) is 22.2 Å². The van der Waals surface area contributed by atoms with Gasteiger partial charge in [-0.2, -0.15) is 0 Å². The molecule has 0 aliphatic carbocycles. The predicted octanol–water partition coefficient (Wildman–Crippen LogP) is 3.83. The number of H-pyrrole nitrogens is 1. The predicted molar refractivity (Wildman–Crippen MR) is 118 cm³/mol. The summed E-state index contributed by atoms with van der Waals surface area (Å²) in [6, 6.07) is 15.1. The number of hydrogen-bond donors (Lipinski definition) is 2. The Bertz CT molecular complexity index is 1260. The third kappa shape index (κ3) is 4.11. The number of anilines is 1. The second kappa shape index (κ2) is 8.51. The van der Waals surface area contributed by atoms with Crippen molar-refractivity contribution in [1.29, 1.82) is 0 Å². The van der Waals surface area contributed by atoms with Crippen molar-refractivity contribution in [3.05, 3.63) is 70.3 Å². The van der Waals surface area contributed by atoms with Crippen molar-refractivity contribution in [3.8, 4) is 0 Å². The number of hydrogen-bond acceptors (Lipinski definition) is 5. The fraction of sp³-hybridized carbons (Fsp3) is 0.261. The Morgan fingerprint density at radius 2 is 1.93 bits per heavy atom. The molecule has 154 valence electrons. The van der Waals surface area contributed by atoms with Crippen LogP contribution in [0, 0.1) is 6.92 Å². The van der Waals surface area contributed by atoms with Crippen LogP contribution in [0.4, 0.5) is 5.69 Å². The maximum absolute atomic E-state index is 12.6. The van der Waals surface area contributed by atoms with E-state index in [1.165, 1.54) is 0 Å². The number of aromatic nitrogens is 2. The SMILES string of the molecule is CCCN(CC(=O)Nc1ccccc1C)Cc1nc2c(oc3ccccc32)c(=O)[nH]1. The average molecular weight is 404 g/mol. The van der Waals surface area contributed by atoms with Crippen molar-refractivity contribution in [1.82, 2.24) is 14.9 Å². The molecule has 1 amide bonds. The van der Waals surface area contributed by atoms with E-state index in [0.717, 1.165) is 23.1 Å². The third-order valence-corrected chi connectivity index (χ3v) is 4.98. The van der Waals surface area contributed by atoms with Crippen molar-refractivity contribution >= 4 is 33.7 Å². The number of aryl methyl sites for hydroxylation is 1. The molecule has 0 spiro atoms. The van der Waals surface area contributed by atoms with Gasteiger partial charge in [0, 0.05) is 11.1 Å². The van der Waals surface area contributed by atoms with Gasteiger partial charge in [0.25, 0.3) is 5.56 Å². The van der Waals surface area contributed by atoms with Crippen LogP contribution in [-0.2, 0) is 11.3 Å². The Morgan fingerprint density at radius 3 is 2.73 bits per heavy atom. The van der Waals surface area contributed by atoms with Gasteiger partial charge >= 0.3 is 0 Å². The number of nitrogens with one attached hydrogen (secondary N) is 2. The second-order valence-electron chi connectivity index (χ2n) is 7.36. The third-order valence-electron chi connectivity index (χ3n) is 4.98. The summed E-state index contributed by atoms with van der Waals surface area (Å²) in [6.45, 7) is 5.28. The Labute approximate surface area is 173 Å². The van der Waals surface area contributed by atoms with E-state index in [1.54, 1.807) is 0 Å². The van der Waals surface area contributed by atoms with Crippen molar-refractivity contribution in [3.63, 3.8) is 0 Å². The molecule has 0 fully saturated rings. The molecular formula is C23H24N4O3. The minimum atomic E-state index is -0.313. The summed E-state index contributed by atoms with van der Waals surface area (Å²) in [4.78, 5) is 34.5. The van der Waals surface area contributed by atoms with Gasteiger partial charge in [0.15, 0.2) is 0 Å². The summed E-state index contributed by atoms with van der Waals surface area (Å²) in [6.07, 6.45) is 0.874. The van der Waals surface area contributed by atoms with E-state index < -0.39 is 0 Å². The van der Waals surface area contributed by atoms with E-state index in [-0.39, 0.29) is 23.6 Å². The molecule has 2 N–H and O–H groups in total. The highest BCUT2D eigenvalue weighted by Gasteiger charge is 2.16. The first-order chi connectivity index (χ1) is 14.5. The van der Waals surface area contributed by atoms with Crippen LogP contribution in [0.15, 0.2) is 57.7 Å². The van der Waals surface area contributed by atoms with Crippen LogP contribution >= 0.6 is 0 Å². The molecule has 2 aromatic heterocycles. The van der Waals surface area contributed by atoms with Crippen LogP contribution < -0.4 is 10.9 Å². The molecule has 4 aromatic rings. The monoisotopic (exact) mass is 404 g/mol. The van der Waals surface area contributed by atoms with E-state index in [0.29, 0.717) is 30.0 Å². The summed E-state index contributed by atoms with van der Waals surface area (Å²) < 4.78 is 5.65. The van der Waals surface area contributed by atoms with Crippen LogP contribution in [0.25, 0.3) is 22.1 Å². The molecular weight excluding hydrogens is 380 g/mol. The number of benzene rings is 2. The van der Waals surface area contributed by atoms with Gasteiger partial charge in [-0.15, -0.1) is 0 Å². The lowest BCUT2D eigenvalue weighted by Crippen LogP contribution is -2.34. The molecule has 4 rings (SSSR count). The molecule has 7 nitrogen and oxygen atoms in total. The van der Waals surface area contributed by atoms with Gasteiger partial charge < -0.3 is 14.7 Å². The van der Waals surface area contributed by atoms with Crippen LogP contribution in [0.3, 0.4) is 0 Å². The van der Waals surface area contributed by atoms with Crippen LogP contribution in [0.2, 0.25) is 0 Å². The minimum absolute atomic E-state index is 0.102. The van der Waals surface area contributed by atoms with Crippen LogP contribution in [0.1, 0.15) is 24.7 Å². The molecule has 0 atom stereocenters. The van der Waals surface area contributed by atoms with E-state index in [4.69, 9.17) is 4.42 Å². The number of nitrogens with zero attached hydrogens (tertiary/aromatic N) is 2. The molecule has 0 bridgehead atoms. The van der Waals surface area contributed by atoms with Gasteiger partial charge in [-0.1, -0.05) is 37.3 Å². The molecule has 0 aliphatic rings. The first kappa shape index (κ1) is 19.8. The van der Waals surface area contributed by atoms with Gasteiger partial charge in [0.05, 0.1) is 13.1 Å². The number of carbonyl (C=O) groups is 1. The lowest BCUT2D eigenvalue weighted by Gasteiger charge is -2.20. The summed E-state index contributed by atoms with van der Waals surface area (Å²) >= 11 is 0. The highest BCUT2D eigenvalue weighted by Crippen LogP contribution is 2.24. The Balaban J connectivity index is 1.56.